The summed E-state index contributed by atoms with van der Waals surface area (Å²) in [5, 5.41) is 0. The highest BCUT2D eigenvalue weighted by atomic mass is 32.1. The van der Waals surface area contributed by atoms with E-state index < -0.39 is 5.91 Å². The van der Waals surface area contributed by atoms with E-state index in [9.17, 15) is 9.59 Å². The lowest BCUT2D eigenvalue weighted by Crippen LogP contribution is -2.21. The molecular formula is C17H15N3O2S. The molecular weight excluding hydrogens is 310 g/mol. The molecule has 0 saturated heterocycles. The summed E-state index contributed by atoms with van der Waals surface area (Å²) >= 11 is 1.60. The Morgan fingerprint density at radius 3 is 2.78 bits per heavy atom. The van der Waals surface area contributed by atoms with Crippen LogP contribution in [0.2, 0.25) is 0 Å². The van der Waals surface area contributed by atoms with Crippen LogP contribution in [0.5, 0.6) is 0 Å². The summed E-state index contributed by atoms with van der Waals surface area (Å²) in [5.41, 5.74) is 5.12. The van der Waals surface area contributed by atoms with Crippen molar-refractivity contribution in [2.75, 3.05) is 6.54 Å². The maximum Gasteiger partial charge on any atom is 0.293 e. The largest absolute Gasteiger partial charge is 0.310 e. The second-order valence-corrected chi connectivity index (χ2v) is 5.98. The van der Waals surface area contributed by atoms with Gasteiger partial charge in [0.15, 0.2) is 0 Å². The maximum atomic E-state index is 12.0. The Morgan fingerprint density at radius 2 is 2.13 bits per heavy atom. The molecule has 2 heterocycles. The highest BCUT2D eigenvalue weighted by Gasteiger charge is 2.20. The number of thiazole rings is 1. The van der Waals surface area contributed by atoms with E-state index in [-0.39, 0.29) is 0 Å². The van der Waals surface area contributed by atoms with Crippen LogP contribution in [0, 0.1) is 6.92 Å². The molecule has 0 atom stereocenters. The number of benzene rings is 1. The van der Waals surface area contributed by atoms with Crippen LogP contribution in [0.3, 0.4) is 0 Å². The van der Waals surface area contributed by atoms with Gasteiger partial charge >= 0.3 is 0 Å². The molecule has 0 spiro atoms. The van der Waals surface area contributed by atoms with E-state index in [4.69, 9.17) is 0 Å². The Kier molecular flexibility index (Phi) is 4.43. The number of amides is 2. The molecule has 116 valence electrons. The van der Waals surface area contributed by atoms with Crippen molar-refractivity contribution in [3.8, 4) is 10.4 Å². The highest BCUT2D eigenvalue weighted by molar-refractivity contribution is 7.13. The summed E-state index contributed by atoms with van der Waals surface area (Å²) in [5.74, 6) is -0.392. The SMILES string of the molecule is Cc1ncsc1-c1ccc(C=NC(=O)C2=CCCN2C=O)cc1. The number of aromatic nitrogens is 1. The molecule has 5 nitrogen and oxygen atoms in total. The second-order valence-electron chi connectivity index (χ2n) is 5.13. The minimum atomic E-state index is -0.392. The van der Waals surface area contributed by atoms with Crippen LogP contribution in [-0.2, 0) is 9.59 Å². The Hall–Kier alpha value is -2.60. The van der Waals surface area contributed by atoms with Gasteiger partial charge in [0.05, 0.1) is 16.1 Å². The van der Waals surface area contributed by atoms with Crippen molar-refractivity contribution in [2.24, 2.45) is 4.99 Å². The van der Waals surface area contributed by atoms with E-state index in [0.717, 1.165) is 21.7 Å². The number of hydrogen-bond acceptors (Lipinski definition) is 4. The van der Waals surface area contributed by atoms with Gasteiger partial charge in [0, 0.05) is 12.8 Å². The average molecular weight is 325 g/mol. The number of hydrogen-bond donors (Lipinski definition) is 0. The molecule has 0 bridgehead atoms. The highest BCUT2D eigenvalue weighted by Crippen LogP contribution is 2.26. The smallest absolute Gasteiger partial charge is 0.293 e. The van der Waals surface area contributed by atoms with E-state index in [1.807, 2.05) is 36.7 Å². The van der Waals surface area contributed by atoms with Crippen LogP contribution in [0.25, 0.3) is 10.4 Å². The second kappa shape index (κ2) is 6.66. The zero-order chi connectivity index (χ0) is 16.2. The van der Waals surface area contributed by atoms with Crippen molar-refractivity contribution < 1.29 is 9.59 Å². The molecule has 6 heteroatoms. The molecule has 2 amide bonds. The van der Waals surface area contributed by atoms with Gasteiger partial charge in [0.25, 0.3) is 5.91 Å². The molecule has 3 rings (SSSR count). The molecule has 0 saturated carbocycles. The third-order valence-corrected chi connectivity index (χ3v) is 4.59. The average Bonchev–Trinajstić information content (AvgIpc) is 3.21. The van der Waals surface area contributed by atoms with E-state index in [1.165, 1.54) is 11.1 Å². The molecule has 1 aromatic carbocycles. The number of rotatable bonds is 4. The number of carbonyl (C=O) groups excluding carboxylic acids is 2. The molecule has 0 unspecified atom stereocenters. The fraction of sp³-hybridized carbons (Fsp3) is 0.176. The van der Waals surface area contributed by atoms with Crippen molar-refractivity contribution in [3.63, 3.8) is 0 Å². The first-order valence-electron chi connectivity index (χ1n) is 7.20. The third-order valence-electron chi connectivity index (χ3n) is 3.61. The van der Waals surface area contributed by atoms with Crippen LogP contribution in [0.15, 0.2) is 46.5 Å². The van der Waals surface area contributed by atoms with Crippen molar-refractivity contribution in [3.05, 3.63) is 52.8 Å². The van der Waals surface area contributed by atoms with E-state index in [2.05, 4.69) is 9.98 Å². The summed E-state index contributed by atoms with van der Waals surface area (Å²) in [4.78, 5) is 33.6. The first-order valence-corrected chi connectivity index (χ1v) is 8.08. The van der Waals surface area contributed by atoms with E-state index in [0.29, 0.717) is 25.1 Å². The molecule has 0 N–H and O–H groups in total. The predicted molar refractivity (Wildman–Crippen MR) is 90.4 cm³/mol. The molecule has 23 heavy (non-hydrogen) atoms. The van der Waals surface area contributed by atoms with Crippen molar-refractivity contribution in [2.45, 2.75) is 13.3 Å². The summed E-state index contributed by atoms with van der Waals surface area (Å²) in [6.07, 6.45) is 4.62. The van der Waals surface area contributed by atoms with Gasteiger partial charge in [-0.05, 0) is 24.5 Å². The summed E-state index contributed by atoms with van der Waals surface area (Å²) in [7, 11) is 0. The number of carbonyl (C=O) groups is 2. The molecule has 1 aliphatic rings. The first kappa shape index (κ1) is 15.3. The van der Waals surface area contributed by atoms with Crippen molar-refractivity contribution in [1.82, 2.24) is 9.88 Å². The fourth-order valence-corrected chi connectivity index (χ4v) is 3.21. The van der Waals surface area contributed by atoms with E-state index in [1.54, 1.807) is 17.4 Å². The summed E-state index contributed by atoms with van der Waals surface area (Å²) < 4.78 is 0. The van der Waals surface area contributed by atoms with Crippen LogP contribution in [0.4, 0.5) is 0 Å². The normalized spacial score (nSPS) is 14.3. The van der Waals surface area contributed by atoms with Gasteiger partial charge in [-0.3, -0.25) is 9.59 Å². The Bertz CT molecular complexity index is 790. The first-order chi connectivity index (χ1) is 11.2. The van der Waals surface area contributed by atoms with Gasteiger partial charge in [-0.25, -0.2) is 9.98 Å². The zero-order valence-electron chi connectivity index (χ0n) is 12.6. The van der Waals surface area contributed by atoms with Gasteiger partial charge in [-0.15, -0.1) is 11.3 Å². The lowest BCUT2D eigenvalue weighted by molar-refractivity contribution is -0.121. The van der Waals surface area contributed by atoms with Gasteiger partial charge in [0.2, 0.25) is 6.41 Å². The molecule has 1 aromatic heterocycles. The minimum Gasteiger partial charge on any atom is -0.310 e. The molecule has 0 aliphatic carbocycles. The van der Waals surface area contributed by atoms with Crippen LogP contribution in [0.1, 0.15) is 17.7 Å². The Morgan fingerprint density at radius 1 is 1.35 bits per heavy atom. The quantitative estimate of drug-likeness (QED) is 0.641. The third kappa shape index (κ3) is 3.27. The van der Waals surface area contributed by atoms with E-state index >= 15 is 0 Å². The fourth-order valence-electron chi connectivity index (χ4n) is 2.40. The monoisotopic (exact) mass is 325 g/mol. The molecule has 1 aliphatic heterocycles. The lowest BCUT2D eigenvalue weighted by Gasteiger charge is -2.10. The molecule has 2 aromatic rings. The number of aryl methyl sites for hydroxylation is 1. The topological polar surface area (TPSA) is 62.6 Å². The standard InChI is InChI=1S/C17H15N3O2S/c1-12-16(23-10-19-12)14-6-4-13(5-7-14)9-18-17(22)15-3-2-8-20(15)11-21/h3-7,9-11H,2,8H2,1H3. The van der Waals surface area contributed by atoms with Crippen molar-refractivity contribution >= 4 is 29.9 Å². The van der Waals surface area contributed by atoms with Crippen LogP contribution in [-0.4, -0.2) is 35.0 Å². The summed E-state index contributed by atoms with van der Waals surface area (Å²) in [6, 6.07) is 7.79. The Labute approximate surface area is 138 Å². The van der Waals surface area contributed by atoms with Gasteiger partial charge < -0.3 is 4.90 Å². The number of aliphatic imine (C=N–C) groups is 1. The molecule has 0 radical (unpaired) electrons. The predicted octanol–water partition coefficient (Wildman–Crippen LogP) is 2.81. The summed E-state index contributed by atoms with van der Waals surface area (Å²) in [6.45, 7) is 2.52. The molecule has 0 fully saturated rings. The van der Waals surface area contributed by atoms with Crippen LogP contribution < -0.4 is 0 Å². The zero-order valence-corrected chi connectivity index (χ0v) is 13.4. The maximum absolute atomic E-state index is 12.0. The van der Waals surface area contributed by atoms with Gasteiger partial charge in [-0.2, -0.15) is 0 Å². The Balaban J connectivity index is 1.72. The number of nitrogens with zero attached hydrogens (tertiary/aromatic N) is 3. The van der Waals surface area contributed by atoms with Gasteiger partial charge in [0.1, 0.15) is 5.70 Å². The van der Waals surface area contributed by atoms with Gasteiger partial charge in [-0.1, -0.05) is 30.3 Å². The van der Waals surface area contributed by atoms with Crippen LogP contribution >= 0.6 is 11.3 Å². The van der Waals surface area contributed by atoms with Crippen molar-refractivity contribution in [1.29, 1.82) is 0 Å². The lowest BCUT2D eigenvalue weighted by atomic mass is 10.1. The minimum absolute atomic E-state index is 0.355.